The van der Waals surface area contributed by atoms with E-state index in [0.717, 1.165) is 12.8 Å². The van der Waals surface area contributed by atoms with Crippen molar-refractivity contribution in [3.8, 4) is 11.8 Å². The Morgan fingerprint density at radius 2 is 2.19 bits per heavy atom. The fraction of sp³-hybridized carbons (Fsp3) is 0.471. The molecule has 2 aromatic rings. The lowest BCUT2D eigenvalue weighted by Gasteiger charge is -2.31. The van der Waals surface area contributed by atoms with Crippen molar-refractivity contribution in [2.75, 3.05) is 0 Å². The van der Waals surface area contributed by atoms with Gasteiger partial charge in [0.05, 0.1) is 5.69 Å². The zero-order chi connectivity index (χ0) is 18.7. The molecule has 0 aliphatic heterocycles. The second-order valence-corrected chi connectivity index (χ2v) is 6.49. The van der Waals surface area contributed by atoms with E-state index in [9.17, 15) is 9.90 Å². The van der Waals surface area contributed by atoms with Crippen molar-refractivity contribution in [1.82, 2.24) is 21.1 Å². The van der Waals surface area contributed by atoms with Gasteiger partial charge in [-0.25, -0.2) is 5.48 Å². The standard InChI is InChI=1S/C17H20N4O5/c1-10-7-14(21-25-10)15(22)17(2,16(23)19-24)18-9-12-8-13(26-20-12)6-5-11-3-4-11/h7-8,11,15,18,22,24H,3-4,9H2,1-2H3,(H,19,23)/t15-,17?/m0/s1. The van der Waals surface area contributed by atoms with Gasteiger partial charge in [0.15, 0.2) is 0 Å². The highest BCUT2D eigenvalue weighted by atomic mass is 16.5. The van der Waals surface area contributed by atoms with Crippen molar-refractivity contribution in [3.63, 3.8) is 0 Å². The molecule has 1 fully saturated rings. The van der Waals surface area contributed by atoms with Crippen molar-refractivity contribution in [2.45, 2.75) is 44.9 Å². The van der Waals surface area contributed by atoms with Crippen LogP contribution in [0.15, 0.2) is 21.2 Å². The summed E-state index contributed by atoms with van der Waals surface area (Å²) in [5, 5.41) is 30.1. The van der Waals surface area contributed by atoms with Crippen LogP contribution in [0.1, 0.15) is 48.8 Å². The average Bonchev–Trinajstić information content (AvgIpc) is 3.19. The predicted molar refractivity (Wildman–Crippen MR) is 87.5 cm³/mol. The van der Waals surface area contributed by atoms with Gasteiger partial charge in [-0.05, 0) is 32.6 Å². The Kier molecular flexibility index (Phi) is 5.08. The number of hydrogen-bond acceptors (Lipinski definition) is 8. The van der Waals surface area contributed by atoms with E-state index in [0.29, 0.717) is 23.1 Å². The van der Waals surface area contributed by atoms with Crippen LogP contribution in [-0.4, -0.2) is 32.1 Å². The Bertz CT molecular complexity index is 845. The van der Waals surface area contributed by atoms with Crippen molar-refractivity contribution in [2.24, 2.45) is 5.92 Å². The van der Waals surface area contributed by atoms with E-state index in [2.05, 4.69) is 27.5 Å². The second kappa shape index (κ2) is 7.29. The number of carbonyl (C=O) groups excluding carboxylic acids is 1. The molecule has 138 valence electrons. The molecule has 1 aliphatic carbocycles. The molecule has 26 heavy (non-hydrogen) atoms. The Morgan fingerprint density at radius 1 is 1.42 bits per heavy atom. The molecular formula is C17H20N4O5. The SMILES string of the molecule is Cc1cc([C@H](O)C(C)(NCc2cc(C#CC3CC3)on2)C(=O)NO)no1. The van der Waals surface area contributed by atoms with E-state index in [4.69, 9.17) is 14.3 Å². The van der Waals surface area contributed by atoms with Crippen molar-refractivity contribution >= 4 is 5.91 Å². The monoisotopic (exact) mass is 360 g/mol. The van der Waals surface area contributed by atoms with Crippen molar-refractivity contribution < 1.29 is 24.2 Å². The van der Waals surface area contributed by atoms with Crippen LogP contribution < -0.4 is 10.8 Å². The number of aryl methyl sites for hydroxylation is 1. The van der Waals surface area contributed by atoms with Gasteiger partial charge >= 0.3 is 0 Å². The van der Waals surface area contributed by atoms with Gasteiger partial charge < -0.3 is 14.2 Å². The molecule has 0 aromatic carbocycles. The Hall–Kier alpha value is -2.67. The van der Waals surface area contributed by atoms with Crippen molar-refractivity contribution in [3.05, 3.63) is 35.0 Å². The first-order valence-corrected chi connectivity index (χ1v) is 8.20. The van der Waals surface area contributed by atoms with Crippen LogP contribution in [0, 0.1) is 24.7 Å². The Labute approximate surface area is 149 Å². The number of rotatable bonds is 6. The number of hydroxylamine groups is 1. The van der Waals surface area contributed by atoms with E-state index in [1.165, 1.54) is 13.0 Å². The predicted octanol–water partition coefficient (Wildman–Crippen LogP) is 0.820. The van der Waals surface area contributed by atoms with Crippen LogP contribution in [0.3, 0.4) is 0 Å². The molecule has 3 rings (SSSR count). The summed E-state index contributed by atoms with van der Waals surface area (Å²) < 4.78 is 10.1. The summed E-state index contributed by atoms with van der Waals surface area (Å²) in [5.74, 6) is 6.52. The molecule has 0 bridgehead atoms. The molecule has 2 aromatic heterocycles. The van der Waals surface area contributed by atoms with E-state index >= 15 is 0 Å². The van der Waals surface area contributed by atoms with Gasteiger partial charge in [0.2, 0.25) is 5.76 Å². The summed E-state index contributed by atoms with van der Waals surface area (Å²) in [4.78, 5) is 12.2. The molecule has 9 nitrogen and oxygen atoms in total. The highest BCUT2D eigenvalue weighted by molar-refractivity contribution is 5.85. The molecule has 2 heterocycles. The first kappa shape index (κ1) is 18.1. The summed E-state index contributed by atoms with van der Waals surface area (Å²) in [6.45, 7) is 3.20. The number of hydrogen-bond donors (Lipinski definition) is 4. The summed E-state index contributed by atoms with van der Waals surface area (Å²) >= 11 is 0. The average molecular weight is 360 g/mol. The number of nitrogens with one attached hydrogen (secondary N) is 2. The molecule has 0 spiro atoms. The van der Waals surface area contributed by atoms with Gasteiger partial charge in [-0.1, -0.05) is 16.2 Å². The smallest absolute Gasteiger partial charge is 0.266 e. The molecule has 0 saturated heterocycles. The molecule has 1 saturated carbocycles. The van der Waals surface area contributed by atoms with Gasteiger partial charge in [-0.2, -0.15) is 0 Å². The maximum atomic E-state index is 12.2. The number of amides is 1. The maximum Gasteiger partial charge on any atom is 0.266 e. The van der Waals surface area contributed by atoms with E-state index in [1.807, 2.05) is 0 Å². The Morgan fingerprint density at radius 3 is 2.81 bits per heavy atom. The molecular weight excluding hydrogens is 340 g/mol. The lowest BCUT2D eigenvalue weighted by Crippen LogP contribution is -2.57. The number of aliphatic hydroxyl groups is 1. The molecule has 1 amide bonds. The van der Waals surface area contributed by atoms with Gasteiger partial charge in [0.1, 0.15) is 23.1 Å². The maximum absolute atomic E-state index is 12.2. The van der Waals surface area contributed by atoms with Gasteiger partial charge in [-0.3, -0.25) is 15.3 Å². The summed E-state index contributed by atoms with van der Waals surface area (Å²) in [6.07, 6.45) is 0.862. The molecule has 2 atom stereocenters. The van der Waals surface area contributed by atoms with Crippen molar-refractivity contribution in [1.29, 1.82) is 0 Å². The number of aliphatic hydroxyl groups excluding tert-OH is 1. The first-order chi connectivity index (χ1) is 12.4. The fourth-order valence-corrected chi connectivity index (χ4v) is 2.36. The highest BCUT2D eigenvalue weighted by Gasteiger charge is 2.43. The molecule has 4 N–H and O–H groups in total. The van der Waals surface area contributed by atoms with Crippen LogP contribution in [0.25, 0.3) is 0 Å². The summed E-state index contributed by atoms with van der Waals surface area (Å²) in [5.41, 5.74) is 0.641. The topological polar surface area (TPSA) is 134 Å². The fourth-order valence-electron chi connectivity index (χ4n) is 2.36. The first-order valence-electron chi connectivity index (χ1n) is 8.20. The molecule has 1 aliphatic rings. The van der Waals surface area contributed by atoms with E-state index < -0.39 is 17.6 Å². The lowest BCUT2D eigenvalue weighted by molar-refractivity contribution is -0.141. The number of carbonyl (C=O) groups is 1. The van der Waals surface area contributed by atoms with Gasteiger partial charge in [-0.15, -0.1) is 0 Å². The lowest BCUT2D eigenvalue weighted by atomic mass is 9.91. The quantitative estimate of drug-likeness (QED) is 0.338. The van der Waals surface area contributed by atoms with Crippen LogP contribution in [-0.2, 0) is 11.3 Å². The zero-order valence-electron chi connectivity index (χ0n) is 14.4. The normalized spacial score (nSPS) is 17.1. The minimum atomic E-state index is -1.59. The second-order valence-electron chi connectivity index (χ2n) is 6.49. The third-order valence-corrected chi connectivity index (χ3v) is 4.22. The molecule has 9 heteroatoms. The minimum absolute atomic E-state index is 0.104. The van der Waals surface area contributed by atoms with Crippen LogP contribution in [0.2, 0.25) is 0 Å². The summed E-state index contributed by atoms with van der Waals surface area (Å²) in [7, 11) is 0. The largest absolute Gasteiger partial charge is 0.384 e. The molecule has 0 radical (unpaired) electrons. The zero-order valence-corrected chi connectivity index (χ0v) is 14.4. The summed E-state index contributed by atoms with van der Waals surface area (Å²) in [6, 6.07) is 3.17. The van der Waals surface area contributed by atoms with Crippen LogP contribution in [0.4, 0.5) is 0 Å². The van der Waals surface area contributed by atoms with Crippen LogP contribution >= 0.6 is 0 Å². The van der Waals surface area contributed by atoms with E-state index in [1.54, 1.807) is 18.5 Å². The Balaban J connectivity index is 1.72. The molecule has 1 unspecified atom stereocenters. The van der Waals surface area contributed by atoms with Gasteiger partial charge in [0.25, 0.3) is 5.91 Å². The highest BCUT2D eigenvalue weighted by Crippen LogP contribution is 2.28. The minimum Gasteiger partial charge on any atom is -0.384 e. The number of nitrogens with zero attached hydrogens (tertiary/aromatic N) is 2. The van der Waals surface area contributed by atoms with Crippen LogP contribution in [0.5, 0.6) is 0 Å². The number of aromatic nitrogens is 2. The van der Waals surface area contributed by atoms with Gasteiger partial charge in [0, 0.05) is 24.6 Å². The van der Waals surface area contributed by atoms with E-state index in [-0.39, 0.29) is 12.2 Å². The third kappa shape index (κ3) is 3.94. The third-order valence-electron chi connectivity index (χ3n) is 4.22.